The minimum absolute atomic E-state index is 0.552. The van der Waals surface area contributed by atoms with Gasteiger partial charge in [0.15, 0.2) is 0 Å². The number of aromatic nitrogens is 2. The third-order valence-corrected chi connectivity index (χ3v) is 3.94. The maximum Gasteiger partial charge on any atom is 0.0701 e. The van der Waals surface area contributed by atoms with Crippen molar-refractivity contribution in [3.8, 4) is 11.3 Å². The summed E-state index contributed by atoms with van der Waals surface area (Å²) in [5.41, 5.74) is 3.05. The molecule has 0 aliphatic carbocycles. The second-order valence-corrected chi connectivity index (χ2v) is 5.25. The maximum absolute atomic E-state index is 6.29. The van der Waals surface area contributed by atoms with Crippen molar-refractivity contribution in [3.05, 3.63) is 76.4 Å². The number of hydrogen-bond acceptors (Lipinski definition) is 1. The molecule has 0 saturated carbocycles. The summed E-state index contributed by atoms with van der Waals surface area (Å²) in [6.45, 7) is 0.700. The molecule has 20 heavy (non-hydrogen) atoms. The number of benzene rings is 2. The van der Waals surface area contributed by atoms with E-state index >= 15 is 0 Å². The predicted molar refractivity (Wildman–Crippen MR) is 83.2 cm³/mol. The molecule has 0 atom stereocenters. The van der Waals surface area contributed by atoms with Crippen molar-refractivity contribution in [1.82, 2.24) is 9.78 Å². The van der Waals surface area contributed by atoms with E-state index < -0.39 is 0 Å². The molecule has 0 bridgehead atoms. The molecular weight excluding hydrogens is 291 g/mol. The molecule has 0 spiro atoms. The average molecular weight is 303 g/mol. The molecule has 0 radical (unpaired) electrons. The molecule has 3 aromatic rings. The van der Waals surface area contributed by atoms with Crippen LogP contribution in [0.25, 0.3) is 11.3 Å². The van der Waals surface area contributed by atoms with Crippen molar-refractivity contribution in [1.29, 1.82) is 0 Å². The molecule has 0 unspecified atom stereocenters. The Hall–Kier alpha value is -1.77. The maximum atomic E-state index is 6.29. The van der Waals surface area contributed by atoms with Crippen LogP contribution in [0.15, 0.2) is 60.8 Å². The van der Waals surface area contributed by atoms with Gasteiger partial charge in [0.05, 0.1) is 22.3 Å². The summed E-state index contributed by atoms with van der Waals surface area (Å²) in [5, 5.41) is 5.49. The molecule has 1 heterocycles. The van der Waals surface area contributed by atoms with Gasteiger partial charge < -0.3 is 0 Å². The van der Waals surface area contributed by atoms with Crippen LogP contribution in [0.4, 0.5) is 0 Å². The zero-order valence-electron chi connectivity index (χ0n) is 10.6. The fourth-order valence-corrected chi connectivity index (χ4v) is 2.54. The zero-order chi connectivity index (χ0) is 13.9. The van der Waals surface area contributed by atoms with Gasteiger partial charge in [-0.1, -0.05) is 65.7 Å². The van der Waals surface area contributed by atoms with Gasteiger partial charge in [-0.05, 0) is 17.7 Å². The van der Waals surface area contributed by atoms with Gasteiger partial charge in [-0.3, -0.25) is 4.68 Å². The predicted octanol–water partition coefficient (Wildman–Crippen LogP) is 4.91. The van der Waals surface area contributed by atoms with Gasteiger partial charge in [-0.25, -0.2) is 0 Å². The second-order valence-electron chi connectivity index (χ2n) is 4.46. The van der Waals surface area contributed by atoms with E-state index in [9.17, 15) is 0 Å². The Balaban J connectivity index is 2.00. The lowest BCUT2D eigenvalue weighted by molar-refractivity contribution is 0.694. The van der Waals surface area contributed by atoms with Crippen molar-refractivity contribution in [2.45, 2.75) is 6.54 Å². The Bertz CT molecular complexity index is 720. The van der Waals surface area contributed by atoms with Gasteiger partial charge in [0, 0.05) is 11.8 Å². The van der Waals surface area contributed by atoms with E-state index in [2.05, 4.69) is 17.2 Å². The molecule has 3 rings (SSSR count). The molecule has 2 nitrogen and oxygen atoms in total. The SMILES string of the molecule is Clc1cccc(-c2ccnn2Cc2ccccc2)c1Cl. The molecule has 0 saturated heterocycles. The van der Waals surface area contributed by atoms with Crippen LogP contribution in [0.1, 0.15) is 5.56 Å². The molecule has 0 fully saturated rings. The lowest BCUT2D eigenvalue weighted by atomic mass is 10.1. The van der Waals surface area contributed by atoms with Gasteiger partial charge in [-0.2, -0.15) is 5.10 Å². The Morgan fingerprint density at radius 2 is 1.70 bits per heavy atom. The monoisotopic (exact) mass is 302 g/mol. The number of hydrogen-bond donors (Lipinski definition) is 0. The average Bonchev–Trinajstić information content (AvgIpc) is 2.91. The summed E-state index contributed by atoms with van der Waals surface area (Å²) in [6, 6.07) is 17.8. The quantitative estimate of drug-likeness (QED) is 0.672. The van der Waals surface area contributed by atoms with Gasteiger partial charge in [-0.15, -0.1) is 0 Å². The third kappa shape index (κ3) is 2.58. The normalized spacial score (nSPS) is 10.7. The topological polar surface area (TPSA) is 17.8 Å². The van der Waals surface area contributed by atoms with E-state index in [0.29, 0.717) is 16.6 Å². The van der Waals surface area contributed by atoms with Crippen molar-refractivity contribution in [2.75, 3.05) is 0 Å². The summed E-state index contributed by atoms with van der Waals surface area (Å²) >= 11 is 12.4. The number of rotatable bonds is 3. The lowest BCUT2D eigenvalue weighted by Crippen LogP contribution is -2.03. The van der Waals surface area contributed by atoms with Gasteiger partial charge in [0.2, 0.25) is 0 Å². The van der Waals surface area contributed by atoms with E-state index in [1.54, 1.807) is 12.3 Å². The van der Waals surface area contributed by atoms with Crippen LogP contribution >= 0.6 is 23.2 Å². The summed E-state index contributed by atoms with van der Waals surface area (Å²) < 4.78 is 1.92. The molecule has 4 heteroatoms. The van der Waals surface area contributed by atoms with E-state index in [1.807, 2.05) is 41.1 Å². The van der Waals surface area contributed by atoms with Crippen LogP contribution in [0.3, 0.4) is 0 Å². The Labute approximate surface area is 127 Å². The Kier molecular flexibility index (Phi) is 3.77. The van der Waals surface area contributed by atoms with Gasteiger partial charge >= 0.3 is 0 Å². The second kappa shape index (κ2) is 5.70. The first-order valence-electron chi connectivity index (χ1n) is 6.26. The van der Waals surface area contributed by atoms with Crippen molar-refractivity contribution in [3.63, 3.8) is 0 Å². The highest BCUT2D eigenvalue weighted by Gasteiger charge is 2.11. The first-order valence-corrected chi connectivity index (χ1v) is 7.01. The van der Waals surface area contributed by atoms with E-state index in [0.717, 1.165) is 11.3 Å². The zero-order valence-corrected chi connectivity index (χ0v) is 12.1. The first kappa shape index (κ1) is 13.2. The van der Waals surface area contributed by atoms with Crippen molar-refractivity contribution < 1.29 is 0 Å². The fraction of sp³-hybridized carbons (Fsp3) is 0.0625. The van der Waals surface area contributed by atoms with Gasteiger partial charge in [0.1, 0.15) is 0 Å². The molecule has 2 aromatic carbocycles. The van der Waals surface area contributed by atoms with Crippen LogP contribution in [-0.4, -0.2) is 9.78 Å². The molecule has 100 valence electrons. The largest absolute Gasteiger partial charge is 0.260 e. The van der Waals surface area contributed by atoms with Crippen LogP contribution in [0.5, 0.6) is 0 Å². The van der Waals surface area contributed by atoms with E-state index in [1.165, 1.54) is 5.56 Å². The van der Waals surface area contributed by atoms with Crippen LogP contribution in [0, 0.1) is 0 Å². The number of halogens is 2. The lowest BCUT2D eigenvalue weighted by Gasteiger charge is -2.10. The summed E-state index contributed by atoms with van der Waals surface area (Å²) in [5.74, 6) is 0. The molecular formula is C16H12Cl2N2. The highest BCUT2D eigenvalue weighted by molar-refractivity contribution is 6.43. The van der Waals surface area contributed by atoms with E-state index in [4.69, 9.17) is 23.2 Å². The standard InChI is InChI=1S/C16H12Cl2N2/c17-14-8-4-7-13(16(14)18)15-9-10-19-20(15)11-12-5-2-1-3-6-12/h1-10H,11H2. The summed E-state index contributed by atoms with van der Waals surface area (Å²) in [7, 11) is 0. The molecule has 0 aliphatic heterocycles. The minimum Gasteiger partial charge on any atom is -0.260 e. The van der Waals surface area contributed by atoms with Gasteiger partial charge in [0.25, 0.3) is 0 Å². The minimum atomic E-state index is 0.552. The van der Waals surface area contributed by atoms with Crippen molar-refractivity contribution >= 4 is 23.2 Å². The highest BCUT2D eigenvalue weighted by Crippen LogP contribution is 2.33. The molecule has 0 amide bonds. The number of nitrogens with zero attached hydrogens (tertiary/aromatic N) is 2. The smallest absolute Gasteiger partial charge is 0.0701 e. The van der Waals surface area contributed by atoms with Crippen LogP contribution < -0.4 is 0 Å². The molecule has 0 aliphatic rings. The summed E-state index contributed by atoms with van der Waals surface area (Å²) in [6.07, 6.45) is 1.77. The Morgan fingerprint density at radius 1 is 0.900 bits per heavy atom. The van der Waals surface area contributed by atoms with Crippen molar-refractivity contribution in [2.24, 2.45) is 0 Å². The molecule has 1 aromatic heterocycles. The highest BCUT2D eigenvalue weighted by atomic mass is 35.5. The van der Waals surface area contributed by atoms with Crippen LogP contribution in [0.2, 0.25) is 10.0 Å². The summed E-state index contributed by atoms with van der Waals surface area (Å²) in [4.78, 5) is 0. The van der Waals surface area contributed by atoms with Crippen LogP contribution in [-0.2, 0) is 6.54 Å². The molecule has 0 N–H and O–H groups in total. The fourth-order valence-electron chi connectivity index (χ4n) is 2.15. The third-order valence-electron chi connectivity index (χ3n) is 3.12. The first-order chi connectivity index (χ1) is 9.75. The Morgan fingerprint density at radius 3 is 2.50 bits per heavy atom. The van der Waals surface area contributed by atoms with E-state index in [-0.39, 0.29) is 0 Å².